The van der Waals surface area contributed by atoms with Crippen LogP contribution in [0.3, 0.4) is 0 Å². The van der Waals surface area contributed by atoms with Gasteiger partial charge in [0.1, 0.15) is 0 Å². The molecule has 16 heavy (non-hydrogen) atoms. The van der Waals surface area contributed by atoms with Gasteiger partial charge >= 0.3 is 102 Å². The van der Waals surface area contributed by atoms with E-state index in [0.717, 1.165) is 3.57 Å². The maximum atomic E-state index is 11.4. The topological polar surface area (TPSA) is 52.6 Å². The van der Waals surface area contributed by atoms with Crippen molar-refractivity contribution in [2.75, 3.05) is 7.11 Å². The van der Waals surface area contributed by atoms with Crippen molar-refractivity contribution in [1.82, 2.24) is 0 Å². The van der Waals surface area contributed by atoms with Gasteiger partial charge in [-0.15, -0.1) is 0 Å². The quantitative estimate of drug-likeness (QED) is 0.626. The van der Waals surface area contributed by atoms with Gasteiger partial charge in [-0.3, -0.25) is 0 Å². The number of benzene rings is 1. The molecule has 0 unspecified atom stereocenters. The number of carbonyl (C=O) groups is 2. The van der Waals surface area contributed by atoms with Crippen LogP contribution in [0.5, 0.6) is 5.75 Å². The molecular weight excluding hydrogens is 323 g/mol. The summed E-state index contributed by atoms with van der Waals surface area (Å²) in [6.07, 6.45) is 0. The fraction of sp³-hybridized carbons (Fsp3) is 0.273. The van der Waals surface area contributed by atoms with Crippen LogP contribution in [0, 0.1) is 3.57 Å². The van der Waals surface area contributed by atoms with E-state index in [0.29, 0.717) is 5.75 Å². The second-order valence-corrected chi connectivity index (χ2v) is 7.57. The van der Waals surface area contributed by atoms with Crippen molar-refractivity contribution >= 4 is 30.0 Å². The van der Waals surface area contributed by atoms with Gasteiger partial charge in [-0.1, -0.05) is 0 Å². The molecule has 0 spiro atoms. The van der Waals surface area contributed by atoms with Crippen LogP contribution in [0.15, 0.2) is 24.3 Å². The van der Waals surface area contributed by atoms with E-state index in [9.17, 15) is 9.59 Å². The van der Waals surface area contributed by atoms with Crippen molar-refractivity contribution < 1.29 is 17.4 Å². The van der Waals surface area contributed by atoms with E-state index in [1.165, 1.54) is 13.8 Å². The minimum absolute atomic E-state index is 0.0513. The summed E-state index contributed by atoms with van der Waals surface area (Å²) in [5.41, 5.74) is 0. The van der Waals surface area contributed by atoms with Gasteiger partial charge in [0.15, 0.2) is 0 Å². The Kier molecular flexibility index (Phi) is 4.72. The Morgan fingerprint density at radius 2 is 1.69 bits per heavy atom. The second-order valence-electron chi connectivity index (χ2n) is 2.95. The molecule has 1 aromatic carbocycles. The van der Waals surface area contributed by atoms with Crippen LogP contribution < -0.4 is 4.74 Å². The molecule has 0 aliphatic carbocycles. The summed E-state index contributed by atoms with van der Waals surface area (Å²) in [6.45, 7) is 2.77. The third kappa shape index (κ3) is 3.48. The fourth-order valence-electron chi connectivity index (χ4n) is 1.05. The molecule has 0 bridgehead atoms. The first kappa shape index (κ1) is 13.0. The Morgan fingerprint density at radius 3 is 2.06 bits per heavy atom. The van der Waals surface area contributed by atoms with Crippen molar-refractivity contribution in [3.63, 3.8) is 0 Å². The third-order valence-electron chi connectivity index (χ3n) is 1.68. The zero-order chi connectivity index (χ0) is 12.1. The van der Waals surface area contributed by atoms with E-state index in [-0.39, 0.29) is 3.79 Å². The Balaban J connectivity index is 2.92. The van der Waals surface area contributed by atoms with Crippen LogP contribution in [0.4, 0.5) is 0 Å². The zero-order valence-electron chi connectivity index (χ0n) is 9.32. The van der Waals surface area contributed by atoms with Crippen molar-refractivity contribution in [2.45, 2.75) is 13.8 Å². The van der Waals surface area contributed by atoms with Gasteiger partial charge < -0.3 is 0 Å². The number of halogens is 1. The summed E-state index contributed by atoms with van der Waals surface area (Å²) in [4.78, 5) is 22.3. The van der Waals surface area contributed by atoms with Crippen LogP contribution in [-0.4, -0.2) is 16.9 Å². The molecular formula is C11H13IO4. The zero-order valence-corrected chi connectivity index (χ0v) is 11.5. The molecule has 0 saturated carbocycles. The normalized spacial score (nSPS) is 10.6. The van der Waals surface area contributed by atoms with Crippen molar-refractivity contribution in [3.05, 3.63) is 27.8 Å². The van der Waals surface area contributed by atoms with E-state index in [1.807, 2.05) is 0 Å². The summed E-state index contributed by atoms with van der Waals surface area (Å²) in [7, 11) is 1.57. The van der Waals surface area contributed by atoms with Gasteiger partial charge in [0.05, 0.1) is 0 Å². The molecule has 4 nitrogen and oxygen atoms in total. The molecule has 5 heteroatoms. The van der Waals surface area contributed by atoms with Gasteiger partial charge in [-0.2, -0.15) is 0 Å². The third-order valence-corrected chi connectivity index (χ3v) is 5.97. The second kappa shape index (κ2) is 5.83. The molecule has 0 saturated heterocycles. The average Bonchev–Trinajstić information content (AvgIpc) is 2.25. The molecule has 0 atom stereocenters. The number of carbonyl (C=O) groups excluding carboxylic acids is 2. The Morgan fingerprint density at radius 1 is 1.12 bits per heavy atom. The Hall–Kier alpha value is -1.11. The monoisotopic (exact) mass is 336 g/mol. The first-order chi connectivity index (χ1) is 7.54. The van der Waals surface area contributed by atoms with E-state index in [1.54, 1.807) is 31.4 Å². The van der Waals surface area contributed by atoms with Gasteiger partial charge in [0.2, 0.25) is 0 Å². The fourth-order valence-corrected chi connectivity index (χ4v) is 4.12. The number of hydrogen-bond acceptors (Lipinski definition) is 4. The molecule has 0 amide bonds. The van der Waals surface area contributed by atoms with Crippen LogP contribution in [0.25, 0.3) is 0 Å². The number of hydrogen-bond donors (Lipinski definition) is 0. The van der Waals surface area contributed by atoms with Crippen molar-refractivity contribution in [3.8, 4) is 5.75 Å². The van der Waals surface area contributed by atoms with Gasteiger partial charge in [0.25, 0.3) is 0 Å². The molecule has 0 aliphatic rings. The molecule has 1 rings (SSSR count). The summed E-state index contributed by atoms with van der Waals surface area (Å²) in [5, 5.41) is 0. The minimum atomic E-state index is -2.49. The van der Waals surface area contributed by atoms with Crippen LogP contribution in [-0.2, 0) is 12.7 Å². The molecule has 0 heterocycles. The molecule has 0 radical (unpaired) electrons. The molecule has 0 aromatic heterocycles. The van der Waals surface area contributed by atoms with Gasteiger partial charge in [-0.05, 0) is 0 Å². The van der Waals surface area contributed by atoms with Crippen molar-refractivity contribution in [2.24, 2.45) is 0 Å². The molecule has 0 N–H and O–H groups in total. The Bertz CT molecular complexity index is 385. The van der Waals surface area contributed by atoms with E-state index >= 15 is 0 Å². The van der Waals surface area contributed by atoms with Crippen LogP contribution in [0.2, 0.25) is 0 Å². The summed E-state index contributed by atoms with van der Waals surface area (Å²) >= 11 is -2.49. The van der Waals surface area contributed by atoms with E-state index < -0.39 is 26.2 Å². The average molecular weight is 336 g/mol. The Labute approximate surface area is 102 Å². The SMILES string of the molecule is COc1ccc(I(OC(C)=O)C(C)=O)cc1. The summed E-state index contributed by atoms with van der Waals surface area (Å²) in [5.74, 6) is 0.308. The number of rotatable bonds is 4. The van der Waals surface area contributed by atoms with Gasteiger partial charge in [-0.25, -0.2) is 0 Å². The molecule has 0 aliphatic heterocycles. The van der Waals surface area contributed by atoms with Gasteiger partial charge in [0, 0.05) is 0 Å². The molecule has 88 valence electrons. The predicted molar refractivity (Wildman–Crippen MR) is 68.2 cm³/mol. The molecule has 1 aromatic rings. The number of methoxy groups -OCH3 is 1. The summed E-state index contributed by atoms with van der Waals surface area (Å²) in [6, 6.07) is 7.06. The van der Waals surface area contributed by atoms with Crippen LogP contribution in [0.1, 0.15) is 13.8 Å². The first-order valence-electron chi connectivity index (χ1n) is 4.58. The standard InChI is InChI=1S/C11H13IO4/c1-8(13)12(16-9(2)14)10-4-6-11(15-3)7-5-10/h4-7H,1-3H3. The van der Waals surface area contributed by atoms with E-state index in [4.69, 9.17) is 7.80 Å². The molecule has 0 fully saturated rings. The van der Waals surface area contributed by atoms with Crippen molar-refractivity contribution in [1.29, 1.82) is 0 Å². The van der Waals surface area contributed by atoms with E-state index in [2.05, 4.69) is 0 Å². The predicted octanol–water partition coefficient (Wildman–Crippen LogP) is 2.40. The van der Waals surface area contributed by atoms with Crippen LogP contribution >= 0.6 is 20.2 Å². The first-order valence-corrected chi connectivity index (χ1v) is 7.62. The maximum absolute atomic E-state index is 11.4. The summed E-state index contributed by atoms with van der Waals surface area (Å²) < 4.78 is 10.9. The number of ether oxygens (including phenoxy) is 1.